The minimum absolute atomic E-state index is 0.136. The highest BCUT2D eigenvalue weighted by Gasteiger charge is 2.19. The van der Waals surface area contributed by atoms with Gasteiger partial charge in [0.05, 0.1) is 12.6 Å². The van der Waals surface area contributed by atoms with Crippen molar-refractivity contribution < 1.29 is 14.0 Å². The van der Waals surface area contributed by atoms with E-state index in [4.69, 9.17) is 10.2 Å². The Hall–Kier alpha value is -2.60. The Morgan fingerprint density at radius 2 is 1.87 bits per heavy atom. The van der Waals surface area contributed by atoms with Crippen LogP contribution in [0.2, 0.25) is 0 Å². The molecule has 0 radical (unpaired) electrons. The second-order valence-corrected chi connectivity index (χ2v) is 5.53. The van der Waals surface area contributed by atoms with Crippen molar-refractivity contribution >= 4 is 17.5 Å². The zero-order chi connectivity index (χ0) is 17.0. The Labute approximate surface area is 135 Å². The van der Waals surface area contributed by atoms with Crippen LogP contribution in [0.1, 0.15) is 28.8 Å². The van der Waals surface area contributed by atoms with Crippen molar-refractivity contribution in [2.24, 2.45) is 5.73 Å². The summed E-state index contributed by atoms with van der Waals surface area (Å²) in [7, 11) is 1.86. The first-order valence-electron chi connectivity index (χ1n) is 7.33. The van der Waals surface area contributed by atoms with Crippen molar-refractivity contribution in [3.05, 3.63) is 53.5 Å². The molecule has 1 aromatic heterocycles. The Kier molecular flexibility index (Phi) is 5.18. The highest BCUT2D eigenvalue weighted by molar-refractivity contribution is 5.96. The number of nitrogens with zero attached hydrogens (tertiary/aromatic N) is 1. The summed E-state index contributed by atoms with van der Waals surface area (Å²) in [5.41, 5.74) is 6.21. The molecule has 0 unspecified atom stereocenters. The lowest BCUT2D eigenvalue weighted by Crippen LogP contribution is -2.39. The van der Waals surface area contributed by atoms with Gasteiger partial charge in [-0.15, -0.1) is 0 Å². The van der Waals surface area contributed by atoms with E-state index in [2.05, 4.69) is 5.32 Å². The normalized spacial score (nSPS) is 12.2. The maximum absolute atomic E-state index is 12.3. The summed E-state index contributed by atoms with van der Waals surface area (Å²) >= 11 is 0. The van der Waals surface area contributed by atoms with Crippen LogP contribution in [-0.4, -0.2) is 29.8 Å². The van der Waals surface area contributed by atoms with Gasteiger partial charge in [0.25, 0.3) is 0 Å². The molecule has 0 aliphatic rings. The van der Waals surface area contributed by atoms with E-state index < -0.39 is 5.91 Å². The maximum Gasteiger partial charge on any atom is 0.248 e. The van der Waals surface area contributed by atoms with Gasteiger partial charge in [0.15, 0.2) is 0 Å². The number of likely N-dealkylation sites (N-methyl/N-ethyl adjacent to an activating group) is 1. The van der Waals surface area contributed by atoms with Crippen LogP contribution in [0.25, 0.3) is 0 Å². The lowest BCUT2D eigenvalue weighted by atomic mass is 10.2. The Morgan fingerprint density at radius 1 is 1.22 bits per heavy atom. The van der Waals surface area contributed by atoms with Gasteiger partial charge in [0, 0.05) is 11.3 Å². The van der Waals surface area contributed by atoms with E-state index in [0.29, 0.717) is 17.8 Å². The quantitative estimate of drug-likeness (QED) is 0.855. The summed E-state index contributed by atoms with van der Waals surface area (Å²) in [5.74, 6) is 1.03. The number of aryl methyl sites for hydroxylation is 1. The summed E-state index contributed by atoms with van der Waals surface area (Å²) in [4.78, 5) is 25.2. The van der Waals surface area contributed by atoms with Crippen LogP contribution in [0.4, 0.5) is 5.69 Å². The molecule has 0 bridgehead atoms. The molecule has 0 aliphatic carbocycles. The molecule has 0 saturated heterocycles. The van der Waals surface area contributed by atoms with Crippen molar-refractivity contribution in [2.75, 3.05) is 12.4 Å². The molecule has 6 heteroatoms. The van der Waals surface area contributed by atoms with E-state index in [9.17, 15) is 9.59 Å². The van der Waals surface area contributed by atoms with Crippen LogP contribution in [0.5, 0.6) is 0 Å². The monoisotopic (exact) mass is 315 g/mol. The van der Waals surface area contributed by atoms with Crippen molar-refractivity contribution in [2.45, 2.75) is 26.4 Å². The first kappa shape index (κ1) is 16.8. The first-order chi connectivity index (χ1) is 10.9. The number of hydrogen-bond acceptors (Lipinski definition) is 4. The number of carbonyl (C=O) groups is 2. The van der Waals surface area contributed by atoms with Gasteiger partial charge in [-0.3, -0.25) is 14.5 Å². The van der Waals surface area contributed by atoms with E-state index in [1.165, 1.54) is 0 Å². The molecule has 0 spiro atoms. The molecule has 1 aromatic carbocycles. The van der Waals surface area contributed by atoms with Gasteiger partial charge in [-0.2, -0.15) is 0 Å². The molecule has 2 amide bonds. The van der Waals surface area contributed by atoms with Crippen LogP contribution in [0, 0.1) is 6.92 Å². The van der Waals surface area contributed by atoms with E-state index in [1.807, 2.05) is 37.9 Å². The van der Waals surface area contributed by atoms with E-state index in [-0.39, 0.29) is 11.9 Å². The number of primary amides is 1. The number of anilines is 1. The van der Waals surface area contributed by atoms with Crippen LogP contribution in [0.15, 0.2) is 40.8 Å². The number of nitrogens with one attached hydrogen (secondary N) is 1. The van der Waals surface area contributed by atoms with Crippen molar-refractivity contribution in [3.63, 3.8) is 0 Å². The fourth-order valence-corrected chi connectivity index (χ4v) is 2.12. The Morgan fingerprint density at radius 3 is 2.39 bits per heavy atom. The molecule has 6 nitrogen and oxygen atoms in total. The average Bonchev–Trinajstić information content (AvgIpc) is 2.92. The van der Waals surface area contributed by atoms with Gasteiger partial charge in [0.2, 0.25) is 11.8 Å². The van der Waals surface area contributed by atoms with Crippen molar-refractivity contribution in [1.29, 1.82) is 0 Å². The third-order valence-electron chi connectivity index (χ3n) is 3.68. The highest BCUT2D eigenvalue weighted by Crippen LogP contribution is 2.13. The minimum Gasteiger partial charge on any atom is -0.465 e. The van der Waals surface area contributed by atoms with Gasteiger partial charge in [0.1, 0.15) is 11.5 Å². The summed E-state index contributed by atoms with van der Waals surface area (Å²) in [6.07, 6.45) is 0. The molecule has 122 valence electrons. The van der Waals surface area contributed by atoms with Gasteiger partial charge in [-0.25, -0.2) is 0 Å². The van der Waals surface area contributed by atoms with Crippen molar-refractivity contribution in [3.8, 4) is 0 Å². The molecule has 23 heavy (non-hydrogen) atoms. The Bertz CT molecular complexity index is 691. The van der Waals surface area contributed by atoms with E-state index in [1.54, 1.807) is 24.3 Å². The molecular weight excluding hydrogens is 294 g/mol. The summed E-state index contributed by atoms with van der Waals surface area (Å²) in [5, 5.41) is 2.82. The standard InChI is InChI=1S/C17H21N3O3/c1-11-4-9-15(23-11)10-20(3)12(2)17(22)19-14-7-5-13(6-8-14)16(18)21/h4-9,12H,10H2,1-3H3,(H2,18,21)(H,19,22)/t12-/m1/s1. The lowest BCUT2D eigenvalue weighted by molar-refractivity contribution is -0.120. The molecule has 2 rings (SSSR count). The van der Waals surface area contributed by atoms with Gasteiger partial charge < -0.3 is 15.5 Å². The maximum atomic E-state index is 12.3. The van der Waals surface area contributed by atoms with Gasteiger partial charge in [-0.1, -0.05) is 0 Å². The topological polar surface area (TPSA) is 88.6 Å². The smallest absolute Gasteiger partial charge is 0.248 e. The predicted molar refractivity (Wildman–Crippen MR) is 88.0 cm³/mol. The number of benzene rings is 1. The summed E-state index contributed by atoms with van der Waals surface area (Å²) in [6, 6.07) is 9.93. The van der Waals surface area contributed by atoms with E-state index >= 15 is 0 Å². The summed E-state index contributed by atoms with van der Waals surface area (Å²) < 4.78 is 5.52. The third-order valence-corrected chi connectivity index (χ3v) is 3.68. The molecule has 2 aromatic rings. The van der Waals surface area contributed by atoms with Gasteiger partial charge >= 0.3 is 0 Å². The molecule has 0 saturated carbocycles. The van der Waals surface area contributed by atoms with Gasteiger partial charge in [-0.05, 0) is 57.3 Å². The molecule has 1 atom stereocenters. The predicted octanol–water partition coefficient (Wildman–Crippen LogP) is 2.15. The third kappa shape index (κ3) is 4.43. The highest BCUT2D eigenvalue weighted by atomic mass is 16.3. The second kappa shape index (κ2) is 7.11. The van der Waals surface area contributed by atoms with Crippen molar-refractivity contribution in [1.82, 2.24) is 4.90 Å². The number of hydrogen-bond donors (Lipinski definition) is 2. The zero-order valence-electron chi connectivity index (χ0n) is 13.5. The minimum atomic E-state index is -0.496. The van der Waals surface area contributed by atoms with Crippen LogP contribution in [-0.2, 0) is 11.3 Å². The number of nitrogens with two attached hydrogens (primary N) is 1. The fourth-order valence-electron chi connectivity index (χ4n) is 2.12. The lowest BCUT2D eigenvalue weighted by Gasteiger charge is -2.22. The van der Waals surface area contributed by atoms with Crippen LogP contribution in [0.3, 0.4) is 0 Å². The van der Waals surface area contributed by atoms with Crippen LogP contribution >= 0.6 is 0 Å². The molecule has 1 heterocycles. The fraction of sp³-hybridized carbons (Fsp3) is 0.294. The van der Waals surface area contributed by atoms with E-state index in [0.717, 1.165) is 11.5 Å². The second-order valence-electron chi connectivity index (χ2n) is 5.53. The average molecular weight is 315 g/mol. The number of furan rings is 1. The molecule has 3 N–H and O–H groups in total. The number of amides is 2. The SMILES string of the molecule is Cc1ccc(CN(C)[C@H](C)C(=O)Nc2ccc(C(N)=O)cc2)o1. The molecule has 0 fully saturated rings. The number of rotatable bonds is 6. The Balaban J connectivity index is 1.94. The van der Waals surface area contributed by atoms with Crippen LogP contribution < -0.4 is 11.1 Å². The molecule has 0 aliphatic heterocycles. The zero-order valence-corrected chi connectivity index (χ0v) is 13.5. The number of carbonyl (C=O) groups excluding carboxylic acids is 2. The largest absolute Gasteiger partial charge is 0.465 e. The summed E-state index contributed by atoms with van der Waals surface area (Å²) in [6.45, 7) is 4.25. The first-order valence-corrected chi connectivity index (χ1v) is 7.33. The molecular formula is C17H21N3O3.